The highest BCUT2D eigenvalue weighted by Crippen LogP contribution is 2.37. The van der Waals surface area contributed by atoms with Crippen LogP contribution in [0.2, 0.25) is 0 Å². The van der Waals surface area contributed by atoms with Gasteiger partial charge in [-0.05, 0) is 50.6 Å². The number of hydrogen-bond donors (Lipinski definition) is 1. The lowest BCUT2D eigenvalue weighted by Gasteiger charge is -2.28. The van der Waals surface area contributed by atoms with Gasteiger partial charge in [0.05, 0.1) is 18.3 Å². The van der Waals surface area contributed by atoms with Crippen molar-refractivity contribution in [1.82, 2.24) is 14.8 Å². The lowest BCUT2D eigenvalue weighted by Crippen LogP contribution is -2.30. The summed E-state index contributed by atoms with van der Waals surface area (Å²) >= 11 is 1.57. The van der Waals surface area contributed by atoms with Crippen molar-refractivity contribution in [2.75, 3.05) is 17.7 Å². The van der Waals surface area contributed by atoms with Crippen molar-refractivity contribution in [3.8, 4) is 5.75 Å². The maximum atomic E-state index is 13.0. The molecule has 8 heteroatoms. The average molecular weight is 445 g/mol. The van der Waals surface area contributed by atoms with Crippen LogP contribution in [-0.2, 0) is 9.53 Å². The molecule has 1 N–H and O–H groups in total. The molecule has 2 heterocycles. The van der Waals surface area contributed by atoms with Crippen LogP contribution in [0.3, 0.4) is 0 Å². The highest BCUT2D eigenvalue weighted by atomic mass is 32.2. The highest BCUT2D eigenvalue weighted by molar-refractivity contribution is 7.99. The second kappa shape index (κ2) is 10.7. The summed E-state index contributed by atoms with van der Waals surface area (Å²) in [4.78, 5) is 17.6. The minimum absolute atomic E-state index is 0.212. The quantitative estimate of drug-likeness (QED) is 0.306. The number of nitrogens with zero attached hydrogens (tertiary/aromatic N) is 3. The molecule has 0 amide bonds. The van der Waals surface area contributed by atoms with Crippen molar-refractivity contribution in [2.45, 2.75) is 71.2 Å². The van der Waals surface area contributed by atoms with Gasteiger partial charge >= 0.3 is 5.97 Å². The Labute approximate surface area is 188 Å². The van der Waals surface area contributed by atoms with Crippen molar-refractivity contribution in [3.05, 3.63) is 41.1 Å². The summed E-state index contributed by atoms with van der Waals surface area (Å²) in [5, 5.41) is 8.57. The summed E-state index contributed by atoms with van der Waals surface area (Å²) in [5.41, 5.74) is 2.19. The number of anilines is 1. The molecule has 0 fully saturated rings. The molecule has 1 aromatic carbocycles. The van der Waals surface area contributed by atoms with E-state index in [1.54, 1.807) is 16.4 Å². The summed E-state index contributed by atoms with van der Waals surface area (Å²) in [6.45, 7) is 10.5. The number of unbranched alkanes of at least 4 members (excludes halogenated alkanes) is 2. The smallest absolute Gasteiger partial charge is 0.338 e. The molecule has 168 valence electrons. The number of aromatic nitrogens is 3. The Balaban J connectivity index is 1.94. The number of carbonyl (C=O) groups excluding carboxylic acids is 1. The maximum Gasteiger partial charge on any atom is 0.338 e. The fourth-order valence-electron chi connectivity index (χ4n) is 3.46. The first-order valence-electron chi connectivity index (χ1n) is 10.9. The van der Waals surface area contributed by atoms with E-state index in [4.69, 9.17) is 9.47 Å². The van der Waals surface area contributed by atoms with E-state index in [9.17, 15) is 4.79 Å². The van der Waals surface area contributed by atoms with E-state index in [1.807, 2.05) is 45.0 Å². The Kier molecular flexibility index (Phi) is 8.01. The molecule has 0 bridgehead atoms. The number of nitrogens with one attached hydrogen (secondary N) is 1. The minimum Gasteiger partial charge on any atom is -0.494 e. The van der Waals surface area contributed by atoms with E-state index in [1.165, 1.54) is 0 Å². The number of benzene rings is 1. The van der Waals surface area contributed by atoms with Crippen molar-refractivity contribution >= 4 is 23.7 Å². The van der Waals surface area contributed by atoms with E-state index in [2.05, 4.69) is 29.2 Å². The summed E-state index contributed by atoms with van der Waals surface area (Å²) in [6, 6.07) is 7.44. The fourth-order valence-corrected chi connectivity index (χ4v) is 4.02. The van der Waals surface area contributed by atoms with Crippen LogP contribution in [0.1, 0.15) is 65.5 Å². The molecule has 1 aliphatic rings. The molecule has 0 saturated carbocycles. The Morgan fingerprint density at radius 1 is 1.23 bits per heavy atom. The molecule has 1 aliphatic heterocycles. The van der Waals surface area contributed by atoms with Gasteiger partial charge in [0.1, 0.15) is 11.8 Å². The van der Waals surface area contributed by atoms with Gasteiger partial charge in [-0.1, -0.05) is 50.6 Å². The van der Waals surface area contributed by atoms with E-state index in [0.29, 0.717) is 23.3 Å². The van der Waals surface area contributed by atoms with Gasteiger partial charge in [-0.3, -0.25) is 0 Å². The van der Waals surface area contributed by atoms with Crippen LogP contribution in [0.15, 0.2) is 40.7 Å². The minimum atomic E-state index is -0.421. The zero-order chi connectivity index (χ0) is 22.4. The predicted molar refractivity (Wildman–Crippen MR) is 124 cm³/mol. The molecule has 0 saturated heterocycles. The van der Waals surface area contributed by atoms with E-state index >= 15 is 0 Å². The topological polar surface area (TPSA) is 78.3 Å². The van der Waals surface area contributed by atoms with E-state index in [-0.39, 0.29) is 12.1 Å². The molecule has 7 nitrogen and oxygen atoms in total. The number of thioether (sulfide) groups is 1. The molecule has 31 heavy (non-hydrogen) atoms. The molecule has 3 rings (SSSR count). The summed E-state index contributed by atoms with van der Waals surface area (Å²) in [6.07, 6.45) is 3.15. The third kappa shape index (κ3) is 5.61. The number of ether oxygens (including phenoxy) is 2. The summed E-state index contributed by atoms with van der Waals surface area (Å²) in [7, 11) is 0. The second-order valence-electron chi connectivity index (χ2n) is 7.74. The van der Waals surface area contributed by atoms with Gasteiger partial charge in [0.15, 0.2) is 0 Å². The zero-order valence-electron chi connectivity index (χ0n) is 19.0. The van der Waals surface area contributed by atoms with Gasteiger partial charge in [0, 0.05) is 5.70 Å². The summed E-state index contributed by atoms with van der Waals surface area (Å²) in [5.74, 6) is 1.96. The third-order valence-corrected chi connectivity index (χ3v) is 5.60. The maximum absolute atomic E-state index is 13.0. The van der Waals surface area contributed by atoms with Gasteiger partial charge in [0.25, 0.3) is 0 Å². The van der Waals surface area contributed by atoms with Crippen molar-refractivity contribution in [1.29, 1.82) is 0 Å². The number of fused-ring (bicyclic) bond motifs is 1. The molecular weight excluding hydrogens is 412 g/mol. The van der Waals surface area contributed by atoms with Crippen molar-refractivity contribution in [3.63, 3.8) is 0 Å². The molecule has 0 spiro atoms. The Morgan fingerprint density at radius 2 is 1.97 bits per heavy atom. The van der Waals surface area contributed by atoms with E-state index < -0.39 is 6.04 Å². The van der Waals surface area contributed by atoms with Crippen LogP contribution in [0.25, 0.3) is 0 Å². The van der Waals surface area contributed by atoms with Crippen LogP contribution in [0, 0.1) is 0 Å². The van der Waals surface area contributed by atoms with Crippen LogP contribution < -0.4 is 10.1 Å². The first-order chi connectivity index (χ1) is 14.9. The van der Waals surface area contributed by atoms with Crippen LogP contribution in [-0.4, -0.2) is 39.2 Å². The monoisotopic (exact) mass is 444 g/mol. The molecule has 1 atom stereocenters. The number of rotatable bonds is 10. The van der Waals surface area contributed by atoms with Crippen molar-refractivity contribution in [2.24, 2.45) is 0 Å². The first-order valence-corrected chi connectivity index (χ1v) is 11.9. The Morgan fingerprint density at radius 3 is 2.61 bits per heavy atom. The number of hydrogen-bond acceptors (Lipinski definition) is 7. The predicted octanol–water partition coefficient (Wildman–Crippen LogP) is 5.20. The van der Waals surface area contributed by atoms with Gasteiger partial charge in [-0.25, -0.2) is 9.48 Å². The number of esters is 1. The van der Waals surface area contributed by atoms with Gasteiger partial charge in [-0.2, -0.15) is 4.98 Å². The number of allylic oxidation sites excluding steroid dienone is 1. The third-order valence-electron chi connectivity index (χ3n) is 4.88. The summed E-state index contributed by atoms with van der Waals surface area (Å²) < 4.78 is 13.2. The fraction of sp³-hybridized carbons (Fsp3) is 0.522. The zero-order valence-corrected chi connectivity index (χ0v) is 19.8. The van der Waals surface area contributed by atoms with Crippen molar-refractivity contribution < 1.29 is 14.3 Å². The lowest BCUT2D eigenvalue weighted by atomic mass is 9.95. The normalized spacial score (nSPS) is 15.6. The molecule has 1 unspecified atom stereocenters. The van der Waals surface area contributed by atoms with Crippen LogP contribution in [0.4, 0.5) is 5.95 Å². The standard InChI is InChI=1S/C23H32N4O3S/c1-6-8-9-14-29-18-12-10-17(11-13-18)20-19(21(28)30-15(3)4)16(5)24-22-25-23(31-7-2)26-27(20)22/h10-13,15,20H,6-9,14H2,1-5H3,(H,24,25,26). The largest absolute Gasteiger partial charge is 0.494 e. The molecule has 0 aliphatic carbocycles. The molecule has 1 aromatic heterocycles. The van der Waals surface area contributed by atoms with E-state index in [0.717, 1.165) is 42.0 Å². The van der Waals surface area contributed by atoms with Crippen LogP contribution >= 0.6 is 11.8 Å². The average Bonchev–Trinajstić information content (AvgIpc) is 3.12. The lowest BCUT2D eigenvalue weighted by molar-refractivity contribution is -0.143. The van der Waals surface area contributed by atoms with Gasteiger partial charge < -0.3 is 14.8 Å². The number of carbonyl (C=O) groups is 1. The van der Waals surface area contributed by atoms with Gasteiger partial charge in [0.2, 0.25) is 11.1 Å². The van der Waals surface area contributed by atoms with Crippen LogP contribution in [0.5, 0.6) is 5.75 Å². The molecule has 0 radical (unpaired) electrons. The SMILES string of the molecule is CCCCCOc1ccc(C2C(C(=O)OC(C)C)=C(C)Nc3nc(SCC)nn32)cc1. The second-order valence-corrected chi connectivity index (χ2v) is 8.97. The Hall–Kier alpha value is -2.48. The Bertz CT molecular complexity index is 921. The molecule has 2 aromatic rings. The highest BCUT2D eigenvalue weighted by Gasteiger charge is 2.35. The molecular formula is C23H32N4O3S. The van der Waals surface area contributed by atoms with Gasteiger partial charge in [-0.15, -0.1) is 5.10 Å². The first kappa shape index (κ1) is 23.2.